The maximum Gasteiger partial charge on any atom is 0.255 e. The lowest BCUT2D eigenvalue weighted by Crippen LogP contribution is -2.73. The summed E-state index contributed by atoms with van der Waals surface area (Å²) in [7, 11) is 0. The number of hydrogen-bond acceptors (Lipinski definition) is 7. The predicted molar refractivity (Wildman–Crippen MR) is 127 cm³/mol. The number of amides is 3. The van der Waals surface area contributed by atoms with E-state index in [2.05, 4.69) is 15.2 Å². The van der Waals surface area contributed by atoms with Crippen LogP contribution >= 0.6 is 0 Å². The molecule has 2 saturated carbocycles. The minimum atomic E-state index is -0.889. The Morgan fingerprint density at radius 3 is 2.67 bits per heavy atom. The highest BCUT2D eigenvalue weighted by Gasteiger charge is 2.63. The highest BCUT2D eigenvalue weighted by molar-refractivity contribution is 6.10. The van der Waals surface area contributed by atoms with E-state index in [1.165, 1.54) is 6.42 Å². The largest absolute Gasteiger partial charge is 0.489 e. The molecule has 2 bridgehead atoms. The Bertz CT molecular complexity index is 1260. The summed E-state index contributed by atoms with van der Waals surface area (Å²) in [5.41, 5.74) is 0.618. The molecule has 9 heteroatoms. The van der Waals surface area contributed by atoms with Gasteiger partial charge in [-0.15, -0.1) is 0 Å². The van der Waals surface area contributed by atoms with Crippen LogP contribution in [0.2, 0.25) is 0 Å². The maximum atomic E-state index is 13.2. The second kappa shape index (κ2) is 7.90. The molecule has 0 unspecified atom stereocenters. The Balaban J connectivity index is 1.04. The van der Waals surface area contributed by atoms with Crippen molar-refractivity contribution in [2.24, 2.45) is 5.92 Å². The van der Waals surface area contributed by atoms with E-state index < -0.39 is 5.54 Å². The smallest absolute Gasteiger partial charge is 0.255 e. The number of benzene rings is 1. The second-order valence-electron chi connectivity index (χ2n) is 11.1. The number of oxazole rings is 1. The first-order valence-corrected chi connectivity index (χ1v) is 13.0. The number of aryl methyl sites for hydroxylation is 1. The Morgan fingerprint density at radius 1 is 1.11 bits per heavy atom. The lowest BCUT2D eigenvalue weighted by atomic mass is 9.63. The van der Waals surface area contributed by atoms with E-state index in [0.717, 1.165) is 55.3 Å². The van der Waals surface area contributed by atoms with Crippen molar-refractivity contribution in [3.63, 3.8) is 0 Å². The first kappa shape index (κ1) is 22.0. The Kier molecular flexibility index (Phi) is 4.83. The van der Waals surface area contributed by atoms with Gasteiger partial charge in [-0.3, -0.25) is 24.6 Å². The molecule has 36 heavy (non-hydrogen) atoms. The number of aromatic nitrogens is 1. The van der Waals surface area contributed by atoms with Crippen LogP contribution in [0.15, 0.2) is 28.8 Å². The highest BCUT2D eigenvalue weighted by Crippen LogP contribution is 2.49. The Hall–Kier alpha value is -3.20. The fourth-order valence-corrected chi connectivity index (χ4v) is 6.82. The molecular formula is C27H30N4O5. The average Bonchev–Trinajstić information content (AvgIpc) is 3.36. The molecule has 5 fully saturated rings. The Morgan fingerprint density at radius 2 is 1.92 bits per heavy atom. The summed E-state index contributed by atoms with van der Waals surface area (Å²) in [5, 5.41) is 2.44. The van der Waals surface area contributed by atoms with Crippen LogP contribution in [0.3, 0.4) is 0 Å². The van der Waals surface area contributed by atoms with Crippen LogP contribution in [0, 0.1) is 12.8 Å². The minimum absolute atomic E-state index is 0.0957. The summed E-state index contributed by atoms with van der Waals surface area (Å²) in [4.78, 5) is 46.3. The third kappa shape index (κ3) is 3.25. The lowest BCUT2D eigenvalue weighted by molar-refractivity contribution is -0.160. The molecule has 6 aliphatic rings. The molecule has 1 aromatic heterocycles. The molecule has 2 aromatic rings. The van der Waals surface area contributed by atoms with Gasteiger partial charge in [-0.25, -0.2) is 4.98 Å². The van der Waals surface area contributed by atoms with Gasteiger partial charge in [0, 0.05) is 37.2 Å². The molecule has 1 N–H and O–H groups in total. The topological polar surface area (TPSA) is 105 Å². The molecule has 9 nitrogen and oxygen atoms in total. The van der Waals surface area contributed by atoms with Crippen molar-refractivity contribution >= 4 is 17.7 Å². The summed E-state index contributed by atoms with van der Waals surface area (Å²) in [6.45, 7) is 4.17. The van der Waals surface area contributed by atoms with Crippen molar-refractivity contribution in [3.05, 3.63) is 47.2 Å². The number of piperidine rings is 2. The summed E-state index contributed by atoms with van der Waals surface area (Å²) >= 11 is 0. The average molecular weight is 491 g/mol. The number of nitrogens with one attached hydrogen (secondary N) is 1. The van der Waals surface area contributed by atoms with Crippen LogP contribution in [0.5, 0.6) is 5.75 Å². The van der Waals surface area contributed by atoms with Gasteiger partial charge in [0.2, 0.25) is 5.91 Å². The number of fused-ring (bicyclic) bond motifs is 3. The second-order valence-corrected chi connectivity index (χ2v) is 11.1. The first-order chi connectivity index (χ1) is 17.4. The summed E-state index contributed by atoms with van der Waals surface area (Å²) in [5.74, 6) is 1.93. The number of carbonyl (C=O) groups is 3. The number of rotatable bonds is 5. The summed E-state index contributed by atoms with van der Waals surface area (Å²) < 4.78 is 12.3. The van der Waals surface area contributed by atoms with E-state index in [0.29, 0.717) is 36.9 Å². The first-order valence-electron chi connectivity index (χ1n) is 13.0. The molecule has 2 atom stereocenters. The standard InChI is InChI=1S/C27H30N4O5/c1-15-11-28-24(35-15)18-12-30(13-18)21-4-2-3-5-22(21)36-19-6-7-20-16(8-19)14-31(25(20)33)27-9-17(10-27)23(32)29-26(27)34/h6-8,11,17-18,21-22H,2-5,9-10,12-14H2,1H3,(H,29,32,34)/t17?,21-,22+,27?/m0/s1. The van der Waals surface area contributed by atoms with Crippen LogP contribution in [0.4, 0.5) is 0 Å². The lowest BCUT2D eigenvalue weighted by Gasteiger charge is -2.53. The number of hydrogen-bond donors (Lipinski definition) is 1. The normalized spacial score (nSPS) is 32.1. The van der Waals surface area contributed by atoms with Crippen molar-refractivity contribution in [3.8, 4) is 5.75 Å². The van der Waals surface area contributed by atoms with Gasteiger partial charge in [-0.2, -0.15) is 0 Å². The molecular weight excluding hydrogens is 460 g/mol. The van der Waals surface area contributed by atoms with E-state index in [1.807, 2.05) is 25.1 Å². The molecule has 3 amide bonds. The van der Waals surface area contributed by atoms with Crippen molar-refractivity contribution in [1.82, 2.24) is 20.1 Å². The molecule has 2 aliphatic carbocycles. The Labute approximate surface area is 209 Å². The molecule has 8 rings (SSSR count). The van der Waals surface area contributed by atoms with Gasteiger partial charge >= 0.3 is 0 Å². The van der Waals surface area contributed by atoms with E-state index in [-0.39, 0.29) is 29.7 Å². The SMILES string of the molecule is Cc1cnc(C2CN([C@H]3CCCC[C@H]3Oc3ccc4c(c3)CN(C35CC(C3)C(=O)NC5=O)C4=O)C2)o1. The van der Waals surface area contributed by atoms with Crippen LogP contribution in [-0.2, 0) is 16.1 Å². The fourth-order valence-electron chi connectivity index (χ4n) is 6.82. The predicted octanol–water partition coefficient (Wildman–Crippen LogP) is 2.53. The summed E-state index contributed by atoms with van der Waals surface area (Å²) in [6, 6.07) is 6.03. The fraction of sp³-hybridized carbons (Fsp3) is 0.556. The molecule has 4 aliphatic heterocycles. The number of ether oxygens (including phenoxy) is 1. The minimum Gasteiger partial charge on any atom is -0.489 e. The van der Waals surface area contributed by atoms with Crippen LogP contribution in [0.1, 0.15) is 72.0 Å². The van der Waals surface area contributed by atoms with Crippen molar-refractivity contribution < 1.29 is 23.5 Å². The summed E-state index contributed by atoms with van der Waals surface area (Å²) in [6.07, 6.45) is 7.19. The molecule has 0 spiro atoms. The van der Waals surface area contributed by atoms with Gasteiger partial charge in [0.1, 0.15) is 23.2 Å². The van der Waals surface area contributed by atoms with Crippen LogP contribution in [0.25, 0.3) is 0 Å². The van der Waals surface area contributed by atoms with Gasteiger partial charge < -0.3 is 14.1 Å². The number of carbonyl (C=O) groups excluding carboxylic acids is 3. The molecule has 1 aromatic carbocycles. The molecule has 188 valence electrons. The third-order valence-corrected chi connectivity index (χ3v) is 8.92. The number of likely N-dealkylation sites (tertiary alicyclic amines) is 1. The third-order valence-electron chi connectivity index (χ3n) is 8.92. The van der Waals surface area contributed by atoms with E-state index in [4.69, 9.17) is 9.15 Å². The molecule has 5 heterocycles. The van der Waals surface area contributed by atoms with Gasteiger partial charge in [0.15, 0.2) is 5.89 Å². The van der Waals surface area contributed by atoms with Gasteiger partial charge in [-0.1, -0.05) is 6.42 Å². The zero-order valence-electron chi connectivity index (χ0n) is 20.4. The molecule has 0 radical (unpaired) electrons. The van der Waals surface area contributed by atoms with E-state index >= 15 is 0 Å². The highest BCUT2D eigenvalue weighted by atomic mass is 16.5. The van der Waals surface area contributed by atoms with Crippen LogP contribution < -0.4 is 10.1 Å². The quantitative estimate of drug-likeness (QED) is 0.642. The van der Waals surface area contributed by atoms with Crippen molar-refractivity contribution in [1.29, 1.82) is 0 Å². The van der Waals surface area contributed by atoms with Crippen molar-refractivity contribution in [2.45, 2.75) is 75.6 Å². The molecule has 3 saturated heterocycles. The monoisotopic (exact) mass is 490 g/mol. The van der Waals surface area contributed by atoms with Gasteiger partial charge in [-0.05, 0) is 62.8 Å². The van der Waals surface area contributed by atoms with Gasteiger partial charge in [0.05, 0.1) is 12.1 Å². The number of nitrogens with zero attached hydrogens (tertiary/aromatic N) is 3. The number of imide groups is 1. The van der Waals surface area contributed by atoms with Gasteiger partial charge in [0.25, 0.3) is 11.8 Å². The van der Waals surface area contributed by atoms with Crippen molar-refractivity contribution in [2.75, 3.05) is 13.1 Å². The maximum absolute atomic E-state index is 13.2. The van der Waals surface area contributed by atoms with E-state index in [9.17, 15) is 14.4 Å². The van der Waals surface area contributed by atoms with Crippen LogP contribution in [-0.4, -0.2) is 63.3 Å². The zero-order chi connectivity index (χ0) is 24.6. The zero-order valence-corrected chi connectivity index (χ0v) is 20.4. The van der Waals surface area contributed by atoms with E-state index in [1.54, 1.807) is 11.1 Å².